The highest BCUT2D eigenvalue weighted by molar-refractivity contribution is 5.86. The Labute approximate surface area is 163 Å². The van der Waals surface area contributed by atoms with Crippen LogP contribution in [0, 0.1) is 0 Å². The van der Waals surface area contributed by atoms with E-state index in [1.807, 2.05) is 32.9 Å². The second-order valence-corrected chi connectivity index (χ2v) is 8.10. The number of carbonyl (C=O) groups is 1. The van der Waals surface area contributed by atoms with E-state index in [0.29, 0.717) is 18.6 Å². The molecule has 0 saturated heterocycles. The second kappa shape index (κ2) is 10.2. The Morgan fingerprint density at radius 3 is 2.59 bits per heavy atom. The summed E-state index contributed by atoms with van der Waals surface area (Å²) >= 11 is 0. The topological polar surface area (TPSA) is 74.8 Å². The smallest absolute Gasteiger partial charge is 0.239 e. The maximum atomic E-state index is 11.9. The predicted molar refractivity (Wildman–Crippen MR) is 110 cm³/mol. The van der Waals surface area contributed by atoms with E-state index in [9.17, 15) is 4.79 Å². The molecule has 0 atom stereocenters. The summed E-state index contributed by atoms with van der Waals surface area (Å²) in [6, 6.07) is 8.16. The van der Waals surface area contributed by atoms with Crippen LogP contribution in [-0.2, 0) is 11.3 Å². The monoisotopic (exact) mass is 374 g/mol. The predicted octanol–water partition coefficient (Wildman–Crippen LogP) is 2.98. The van der Waals surface area contributed by atoms with E-state index in [1.54, 1.807) is 7.05 Å². The van der Waals surface area contributed by atoms with Gasteiger partial charge in [-0.1, -0.05) is 18.6 Å². The maximum Gasteiger partial charge on any atom is 0.239 e. The molecule has 150 valence electrons. The standard InChI is InChI=1S/C21H34N4O2/c1-21(2,3)25-19(26)15-24-20(22-4)23-14-16-9-8-12-18(13-16)27-17-10-6-5-7-11-17/h8-9,12-13,17H,5-7,10-11,14-15H2,1-4H3,(H,25,26)(H2,22,23,24). The molecular weight excluding hydrogens is 340 g/mol. The van der Waals surface area contributed by atoms with E-state index < -0.39 is 0 Å². The highest BCUT2D eigenvalue weighted by atomic mass is 16.5. The molecule has 1 fully saturated rings. The van der Waals surface area contributed by atoms with Crippen LogP contribution in [0.15, 0.2) is 29.3 Å². The minimum Gasteiger partial charge on any atom is -0.490 e. The van der Waals surface area contributed by atoms with Crippen LogP contribution in [0.3, 0.4) is 0 Å². The summed E-state index contributed by atoms with van der Waals surface area (Å²) in [5, 5.41) is 9.19. The number of guanidine groups is 1. The van der Waals surface area contributed by atoms with Crippen molar-refractivity contribution in [3.05, 3.63) is 29.8 Å². The van der Waals surface area contributed by atoms with Crippen LogP contribution in [0.4, 0.5) is 0 Å². The van der Waals surface area contributed by atoms with Gasteiger partial charge in [-0.2, -0.15) is 0 Å². The fourth-order valence-electron chi connectivity index (χ4n) is 3.14. The number of amides is 1. The molecule has 0 heterocycles. The summed E-state index contributed by atoms with van der Waals surface area (Å²) in [7, 11) is 1.69. The fraction of sp³-hybridized carbons (Fsp3) is 0.619. The molecule has 0 spiro atoms. The minimum absolute atomic E-state index is 0.0617. The summed E-state index contributed by atoms with van der Waals surface area (Å²) in [5.41, 5.74) is 0.875. The summed E-state index contributed by atoms with van der Waals surface area (Å²) in [6.07, 6.45) is 6.49. The van der Waals surface area contributed by atoms with Crippen LogP contribution in [-0.4, -0.2) is 37.1 Å². The zero-order valence-corrected chi connectivity index (χ0v) is 17.1. The molecule has 6 heteroatoms. The fourth-order valence-corrected chi connectivity index (χ4v) is 3.14. The van der Waals surface area contributed by atoms with Crippen molar-refractivity contribution in [3.63, 3.8) is 0 Å². The molecule has 0 bridgehead atoms. The molecule has 1 aliphatic carbocycles. The summed E-state index contributed by atoms with van der Waals surface area (Å²) in [6.45, 7) is 6.67. The van der Waals surface area contributed by atoms with Crippen molar-refractivity contribution < 1.29 is 9.53 Å². The van der Waals surface area contributed by atoms with Crippen molar-refractivity contribution in [3.8, 4) is 5.75 Å². The van der Waals surface area contributed by atoms with Crippen LogP contribution in [0.5, 0.6) is 5.75 Å². The summed E-state index contributed by atoms with van der Waals surface area (Å²) in [4.78, 5) is 16.1. The number of rotatable bonds is 6. The van der Waals surface area contributed by atoms with Crippen molar-refractivity contribution in [2.75, 3.05) is 13.6 Å². The average Bonchev–Trinajstić information content (AvgIpc) is 2.61. The van der Waals surface area contributed by atoms with Gasteiger partial charge in [-0.05, 0) is 64.2 Å². The quantitative estimate of drug-likeness (QED) is 0.529. The SMILES string of the molecule is CN=C(NCC(=O)NC(C)(C)C)NCc1cccc(OC2CCCCC2)c1. The number of nitrogens with one attached hydrogen (secondary N) is 3. The van der Waals surface area contributed by atoms with Gasteiger partial charge in [0.1, 0.15) is 5.75 Å². The first kappa shape index (κ1) is 21.1. The lowest BCUT2D eigenvalue weighted by atomic mass is 9.98. The van der Waals surface area contributed by atoms with Crippen LogP contribution in [0.2, 0.25) is 0 Å². The summed E-state index contributed by atoms with van der Waals surface area (Å²) in [5.74, 6) is 1.46. The van der Waals surface area contributed by atoms with E-state index >= 15 is 0 Å². The van der Waals surface area contributed by atoms with Crippen molar-refractivity contribution in [2.45, 2.75) is 71.1 Å². The molecule has 1 aromatic carbocycles. The van der Waals surface area contributed by atoms with E-state index in [2.05, 4.69) is 33.1 Å². The lowest BCUT2D eigenvalue weighted by Gasteiger charge is -2.23. The molecule has 27 heavy (non-hydrogen) atoms. The van der Waals surface area contributed by atoms with Gasteiger partial charge in [-0.15, -0.1) is 0 Å². The van der Waals surface area contributed by atoms with Gasteiger partial charge in [0.2, 0.25) is 5.91 Å². The van der Waals surface area contributed by atoms with Crippen LogP contribution in [0.25, 0.3) is 0 Å². The van der Waals surface area contributed by atoms with Crippen LogP contribution in [0.1, 0.15) is 58.4 Å². The van der Waals surface area contributed by atoms with E-state index in [4.69, 9.17) is 4.74 Å². The van der Waals surface area contributed by atoms with E-state index in [0.717, 1.165) is 24.2 Å². The number of aliphatic imine (C=N–C) groups is 1. The van der Waals surface area contributed by atoms with Crippen molar-refractivity contribution in [1.82, 2.24) is 16.0 Å². The molecular formula is C21H34N4O2. The number of nitrogens with zero attached hydrogens (tertiary/aromatic N) is 1. The molecule has 0 radical (unpaired) electrons. The van der Waals surface area contributed by atoms with Crippen LogP contribution >= 0.6 is 0 Å². The zero-order chi connectivity index (χ0) is 19.7. The van der Waals surface area contributed by atoms with Gasteiger partial charge in [-0.3, -0.25) is 9.79 Å². The first-order valence-electron chi connectivity index (χ1n) is 9.87. The average molecular weight is 375 g/mol. The number of ether oxygens (including phenoxy) is 1. The third kappa shape index (κ3) is 8.33. The third-order valence-corrected chi connectivity index (χ3v) is 4.37. The number of carbonyl (C=O) groups excluding carboxylic acids is 1. The van der Waals surface area contributed by atoms with E-state index in [-0.39, 0.29) is 18.0 Å². The Balaban J connectivity index is 1.80. The zero-order valence-electron chi connectivity index (χ0n) is 17.1. The highest BCUT2D eigenvalue weighted by Crippen LogP contribution is 2.23. The van der Waals surface area contributed by atoms with Gasteiger partial charge in [0, 0.05) is 19.1 Å². The van der Waals surface area contributed by atoms with Crippen molar-refractivity contribution in [2.24, 2.45) is 4.99 Å². The molecule has 0 aliphatic heterocycles. The molecule has 1 saturated carbocycles. The number of benzene rings is 1. The molecule has 1 amide bonds. The second-order valence-electron chi connectivity index (χ2n) is 8.10. The number of hydrogen-bond donors (Lipinski definition) is 3. The first-order valence-corrected chi connectivity index (χ1v) is 9.87. The highest BCUT2D eigenvalue weighted by Gasteiger charge is 2.15. The molecule has 2 rings (SSSR count). The normalized spacial score (nSPS) is 15.9. The van der Waals surface area contributed by atoms with Crippen molar-refractivity contribution in [1.29, 1.82) is 0 Å². The molecule has 6 nitrogen and oxygen atoms in total. The molecule has 0 aromatic heterocycles. The lowest BCUT2D eigenvalue weighted by Crippen LogP contribution is -2.48. The Hall–Kier alpha value is -2.24. The Bertz CT molecular complexity index is 631. The van der Waals surface area contributed by atoms with Gasteiger partial charge in [-0.25, -0.2) is 0 Å². The first-order chi connectivity index (χ1) is 12.9. The minimum atomic E-state index is -0.242. The Morgan fingerprint density at radius 2 is 1.93 bits per heavy atom. The van der Waals surface area contributed by atoms with Gasteiger partial charge < -0.3 is 20.7 Å². The molecule has 0 unspecified atom stereocenters. The lowest BCUT2D eigenvalue weighted by molar-refractivity contribution is -0.121. The van der Waals surface area contributed by atoms with E-state index in [1.165, 1.54) is 19.3 Å². The van der Waals surface area contributed by atoms with Crippen LogP contribution < -0.4 is 20.7 Å². The van der Waals surface area contributed by atoms with Gasteiger partial charge >= 0.3 is 0 Å². The third-order valence-electron chi connectivity index (χ3n) is 4.37. The molecule has 1 aliphatic rings. The number of hydrogen-bond acceptors (Lipinski definition) is 3. The summed E-state index contributed by atoms with van der Waals surface area (Å²) < 4.78 is 6.13. The molecule has 1 aromatic rings. The van der Waals surface area contributed by atoms with Crippen molar-refractivity contribution >= 4 is 11.9 Å². The Morgan fingerprint density at radius 1 is 1.19 bits per heavy atom. The van der Waals surface area contributed by atoms with Gasteiger partial charge in [0.05, 0.1) is 12.6 Å². The maximum absolute atomic E-state index is 11.9. The molecule has 3 N–H and O–H groups in total. The largest absolute Gasteiger partial charge is 0.490 e. The Kier molecular flexibility index (Phi) is 7.95. The van der Waals surface area contributed by atoms with Gasteiger partial charge in [0.15, 0.2) is 5.96 Å². The van der Waals surface area contributed by atoms with Gasteiger partial charge in [0.25, 0.3) is 0 Å².